The van der Waals surface area contributed by atoms with Crippen LogP contribution >= 0.6 is 0 Å². The summed E-state index contributed by atoms with van der Waals surface area (Å²) < 4.78 is 5.08. The molecule has 2 N–H and O–H groups in total. The van der Waals surface area contributed by atoms with Gasteiger partial charge in [0.2, 0.25) is 0 Å². The van der Waals surface area contributed by atoms with Crippen molar-refractivity contribution < 1.29 is 14.6 Å². The molecule has 0 amide bonds. The van der Waals surface area contributed by atoms with Gasteiger partial charge in [-0.15, -0.1) is 0 Å². The molecule has 0 saturated carbocycles. The van der Waals surface area contributed by atoms with Crippen LogP contribution in [-0.4, -0.2) is 23.2 Å². The van der Waals surface area contributed by atoms with Gasteiger partial charge in [0.25, 0.3) is 5.56 Å². The molecular weight excluding hydrogens is 246 g/mol. The van der Waals surface area contributed by atoms with Crippen LogP contribution in [0.2, 0.25) is 0 Å². The number of fused-ring (bicyclic) bond motifs is 1. The monoisotopic (exact) mass is 261 g/mol. The minimum absolute atomic E-state index is 0.285. The van der Waals surface area contributed by atoms with Crippen LogP contribution in [0.15, 0.2) is 29.1 Å². The van der Waals surface area contributed by atoms with E-state index in [1.165, 1.54) is 0 Å². The highest BCUT2D eigenvalue weighted by Gasteiger charge is 2.21. The number of H-pyrrole nitrogens is 1. The average molecular weight is 261 g/mol. The topological polar surface area (TPSA) is 79.4 Å². The van der Waals surface area contributed by atoms with Gasteiger partial charge in [-0.05, 0) is 30.0 Å². The number of rotatable bonds is 4. The lowest BCUT2D eigenvalue weighted by atomic mass is 9.97. The predicted octanol–water partition coefficient (Wildman–Crippen LogP) is 2.11. The lowest BCUT2D eigenvalue weighted by Crippen LogP contribution is -2.21. The maximum atomic E-state index is 12.0. The third-order valence-electron chi connectivity index (χ3n) is 3.16. The number of methoxy groups -OCH3 is 1. The Morgan fingerprint density at radius 3 is 2.74 bits per heavy atom. The Morgan fingerprint density at radius 2 is 2.16 bits per heavy atom. The van der Waals surface area contributed by atoms with Crippen LogP contribution in [0.1, 0.15) is 24.8 Å². The van der Waals surface area contributed by atoms with Crippen molar-refractivity contribution in [3.63, 3.8) is 0 Å². The summed E-state index contributed by atoms with van der Waals surface area (Å²) in [6.07, 6.45) is 0.375. The second kappa shape index (κ2) is 5.14. The molecule has 0 bridgehead atoms. The van der Waals surface area contributed by atoms with Crippen molar-refractivity contribution in [1.29, 1.82) is 0 Å². The standard InChI is InChI=1S/C14H15NO4/c1-3-10(14(17)18)11-6-8-4-5-9(19-2)7-12(8)15-13(11)16/h4-7,10H,3H2,1-2H3,(H,15,16)(H,17,18). The third kappa shape index (κ3) is 2.45. The molecule has 2 aromatic rings. The second-order valence-corrected chi connectivity index (χ2v) is 4.31. The van der Waals surface area contributed by atoms with Gasteiger partial charge in [-0.2, -0.15) is 0 Å². The number of aromatic amines is 1. The molecule has 19 heavy (non-hydrogen) atoms. The fourth-order valence-corrected chi connectivity index (χ4v) is 2.11. The summed E-state index contributed by atoms with van der Waals surface area (Å²) in [5.41, 5.74) is 0.552. The molecule has 1 heterocycles. The van der Waals surface area contributed by atoms with E-state index in [-0.39, 0.29) is 11.1 Å². The summed E-state index contributed by atoms with van der Waals surface area (Å²) in [6.45, 7) is 1.75. The Labute approximate surface area is 109 Å². The summed E-state index contributed by atoms with van der Waals surface area (Å²) in [7, 11) is 1.55. The number of hydrogen-bond acceptors (Lipinski definition) is 3. The van der Waals surface area contributed by atoms with Crippen molar-refractivity contribution >= 4 is 16.9 Å². The Hall–Kier alpha value is -2.30. The number of carboxylic acids is 1. The summed E-state index contributed by atoms with van der Waals surface area (Å²) in [5.74, 6) is -1.13. The number of benzene rings is 1. The number of hydrogen-bond donors (Lipinski definition) is 2. The number of nitrogens with one attached hydrogen (secondary N) is 1. The number of ether oxygens (including phenoxy) is 1. The van der Waals surface area contributed by atoms with E-state index in [1.54, 1.807) is 38.3 Å². The van der Waals surface area contributed by atoms with Gasteiger partial charge in [-0.3, -0.25) is 9.59 Å². The van der Waals surface area contributed by atoms with Gasteiger partial charge in [0.05, 0.1) is 18.5 Å². The van der Waals surface area contributed by atoms with E-state index in [0.717, 1.165) is 5.39 Å². The SMILES string of the molecule is CCC(C(=O)O)c1cc2ccc(OC)cc2[nH]c1=O. The fourth-order valence-electron chi connectivity index (χ4n) is 2.11. The molecule has 0 aliphatic carbocycles. The first kappa shape index (κ1) is 13.1. The Bertz CT molecular complexity index is 675. The minimum Gasteiger partial charge on any atom is -0.497 e. The molecule has 5 nitrogen and oxygen atoms in total. The molecule has 2 rings (SSSR count). The molecule has 1 aromatic heterocycles. The van der Waals surface area contributed by atoms with Crippen LogP contribution in [0.25, 0.3) is 10.9 Å². The number of pyridine rings is 1. The zero-order chi connectivity index (χ0) is 14.0. The molecule has 0 aliphatic heterocycles. The zero-order valence-corrected chi connectivity index (χ0v) is 10.8. The van der Waals surface area contributed by atoms with Crippen molar-refractivity contribution in [3.8, 4) is 5.75 Å². The molecule has 1 atom stereocenters. The summed E-state index contributed by atoms with van der Waals surface area (Å²) in [5, 5.41) is 9.92. The first-order chi connectivity index (χ1) is 9.06. The van der Waals surface area contributed by atoms with Gasteiger partial charge < -0.3 is 14.8 Å². The third-order valence-corrected chi connectivity index (χ3v) is 3.16. The van der Waals surface area contributed by atoms with E-state index in [4.69, 9.17) is 9.84 Å². The molecule has 0 saturated heterocycles. The average Bonchev–Trinajstić information content (AvgIpc) is 2.39. The zero-order valence-electron chi connectivity index (χ0n) is 10.8. The van der Waals surface area contributed by atoms with Gasteiger partial charge in [0.15, 0.2) is 0 Å². The second-order valence-electron chi connectivity index (χ2n) is 4.31. The lowest BCUT2D eigenvalue weighted by molar-refractivity contribution is -0.138. The highest BCUT2D eigenvalue weighted by atomic mass is 16.5. The maximum Gasteiger partial charge on any atom is 0.311 e. The first-order valence-electron chi connectivity index (χ1n) is 6.00. The van der Waals surface area contributed by atoms with Crippen LogP contribution < -0.4 is 10.3 Å². The van der Waals surface area contributed by atoms with Gasteiger partial charge in [0, 0.05) is 11.6 Å². The normalized spacial score (nSPS) is 12.3. The van der Waals surface area contributed by atoms with E-state index in [9.17, 15) is 9.59 Å². The maximum absolute atomic E-state index is 12.0. The molecule has 0 spiro atoms. The van der Waals surface area contributed by atoms with E-state index in [0.29, 0.717) is 17.7 Å². The smallest absolute Gasteiger partial charge is 0.311 e. The molecular formula is C14H15NO4. The van der Waals surface area contributed by atoms with Gasteiger partial charge >= 0.3 is 5.97 Å². The molecule has 1 unspecified atom stereocenters. The molecule has 0 aliphatic rings. The number of carbonyl (C=O) groups is 1. The van der Waals surface area contributed by atoms with Crippen LogP contribution in [0.5, 0.6) is 5.75 Å². The summed E-state index contributed by atoms with van der Waals surface area (Å²) in [4.78, 5) is 25.8. The lowest BCUT2D eigenvalue weighted by Gasteiger charge is -2.10. The molecule has 0 radical (unpaired) electrons. The molecule has 5 heteroatoms. The largest absolute Gasteiger partial charge is 0.497 e. The highest BCUT2D eigenvalue weighted by Crippen LogP contribution is 2.22. The molecule has 100 valence electrons. The highest BCUT2D eigenvalue weighted by molar-refractivity contribution is 5.83. The Morgan fingerprint density at radius 1 is 1.42 bits per heavy atom. The fraction of sp³-hybridized carbons (Fsp3) is 0.286. The molecule has 0 fully saturated rings. The van der Waals surface area contributed by atoms with Crippen molar-refractivity contribution in [2.45, 2.75) is 19.3 Å². The van der Waals surface area contributed by atoms with Gasteiger partial charge in [-0.25, -0.2) is 0 Å². The predicted molar refractivity (Wildman–Crippen MR) is 71.8 cm³/mol. The van der Waals surface area contributed by atoms with Crippen LogP contribution in [0, 0.1) is 0 Å². The van der Waals surface area contributed by atoms with Crippen molar-refractivity contribution in [2.24, 2.45) is 0 Å². The number of aromatic nitrogens is 1. The Balaban J connectivity index is 2.62. The van der Waals surface area contributed by atoms with Crippen LogP contribution in [0.3, 0.4) is 0 Å². The minimum atomic E-state index is -0.985. The first-order valence-corrected chi connectivity index (χ1v) is 6.00. The van der Waals surface area contributed by atoms with Crippen molar-refractivity contribution in [1.82, 2.24) is 4.98 Å². The van der Waals surface area contributed by atoms with Crippen LogP contribution in [-0.2, 0) is 4.79 Å². The quantitative estimate of drug-likeness (QED) is 0.883. The van der Waals surface area contributed by atoms with E-state index in [2.05, 4.69) is 4.98 Å². The number of carboxylic acid groups (broad SMARTS) is 1. The van der Waals surface area contributed by atoms with E-state index >= 15 is 0 Å². The van der Waals surface area contributed by atoms with E-state index in [1.807, 2.05) is 0 Å². The summed E-state index contributed by atoms with van der Waals surface area (Å²) in [6, 6.07) is 6.91. The van der Waals surface area contributed by atoms with Gasteiger partial charge in [-0.1, -0.05) is 6.92 Å². The van der Waals surface area contributed by atoms with Crippen LogP contribution in [0.4, 0.5) is 0 Å². The Kier molecular flexibility index (Phi) is 3.55. The van der Waals surface area contributed by atoms with E-state index < -0.39 is 11.9 Å². The van der Waals surface area contributed by atoms with Gasteiger partial charge in [0.1, 0.15) is 5.75 Å². The number of aliphatic carboxylic acids is 1. The van der Waals surface area contributed by atoms with Crippen molar-refractivity contribution in [3.05, 3.63) is 40.2 Å². The molecule has 1 aromatic carbocycles. The summed E-state index contributed by atoms with van der Waals surface area (Å²) >= 11 is 0. The van der Waals surface area contributed by atoms with Crippen molar-refractivity contribution in [2.75, 3.05) is 7.11 Å².